The minimum absolute atomic E-state index is 0.0533. The Morgan fingerprint density at radius 3 is 2.20 bits per heavy atom. The number of carbonyl (C=O) groups is 2. The van der Waals surface area contributed by atoms with Crippen LogP contribution in [0.4, 0.5) is 0 Å². The van der Waals surface area contributed by atoms with Crippen molar-refractivity contribution in [2.45, 2.75) is 6.04 Å². The Hall–Kier alpha value is -2.48. The van der Waals surface area contributed by atoms with Gasteiger partial charge < -0.3 is 29.3 Å². The summed E-state index contributed by atoms with van der Waals surface area (Å²) in [6.45, 7) is 1.39. The number of carbonyl (C=O) groups excluding carboxylic acids is 2. The van der Waals surface area contributed by atoms with Crippen molar-refractivity contribution in [2.75, 3.05) is 55.1 Å². The lowest BCUT2D eigenvalue weighted by molar-refractivity contribution is -0.131. The highest BCUT2D eigenvalue weighted by Crippen LogP contribution is 2.38. The topological polar surface area (TPSA) is 80.3 Å². The van der Waals surface area contributed by atoms with E-state index < -0.39 is 6.04 Å². The largest absolute Gasteiger partial charge is 0.493 e. The first-order chi connectivity index (χ1) is 11.9. The number of likely N-dealkylation sites (N-methyl/N-ethyl adjacent to an activating group) is 1. The Bertz CT molecular complexity index is 622. The third kappa shape index (κ3) is 3.96. The molecule has 0 bridgehead atoms. The lowest BCUT2D eigenvalue weighted by atomic mass is 10.1. The summed E-state index contributed by atoms with van der Waals surface area (Å²) < 4.78 is 15.9. The van der Waals surface area contributed by atoms with Crippen LogP contribution in [0.25, 0.3) is 0 Å². The fraction of sp³-hybridized carbons (Fsp3) is 0.529. The van der Waals surface area contributed by atoms with Crippen molar-refractivity contribution in [1.29, 1.82) is 0 Å². The summed E-state index contributed by atoms with van der Waals surface area (Å²) in [5.41, 5.74) is 0.424. The molecule has 8 nitrogen and oxygen atoms in total. The molecule has 1 fully saturated rings. The van der Waals surface area contributed by atoms with E-state index in [9.17, 15) is 9.59 Å². The van der Waals surface area contributed by atoms with Crippen LogP contribution in [0.3, 0.4) is 0 Å². The van der Waals surface area contributed by atoms with Crippen molar-refractivity contribution in [3.05, 3.63) is 17.7 Å². The quantitative estimate of drug-likeness (QED) is 0.817. The maximum Gasteiger partial charge on any atom is 0.254 e. The van der Waals surface area contributed by atoms with E-state index in [1.165, 1.54) is 26.2 Å². The second kappa shape index (κ2) is 8.06. The standard InChI is InChI=1S/C17H25N3O5/c1-19(2)17(22)12-10-20(7-6-18-12)16(21)11-8-13(23-3)15(25-5)14(9-11)24-4/h8-9,12,18H,6-7,10H2,1-5H3. The van der Waals surface area contributed by atoms with E-state index in [1.807, 2.05) is 0 Å². The Morgan fingerprint density at radius 1 is 1.12 bits per heavy atom. The number of ether oxygens (including phenoxy) is 3. The Labute approximate surface area is 147 Å². The highest BCUT2D eigenvalue weighted by atomic mass is 16.5. The highest BCUT2D eigenvalue weighted by Gasteiger charge is 2.30. The van der Waals surface area contributed by atoms with Crippen molar-refractivity contribution in [3.63, 3.8) is 0 Å². The molecule has 1 aromatic carbocycles. The molecule has 8 heteroatoms. The van der Waals surface area contributed by atoms with Crippen molar-refractivity contribution < 1.29 is 23.8 Å². The maximum absolute atomic E-state index is 12.9. The molecule has 1 saturated heterocycles. The molecule has 0 aliphatic carbocycles. The van der Waals surface area contributed by atoms with E-state index in [0.717, 1.165) is 0 Å². The molecule has 1 aliphatic heterocycles. The molecule has 0 aromatic heterocycles. The zero-order valence-corrected chi connectivity index (χ0v) is 15.3. The number of hydrogen-bond donors (Lipinski definition) is 1. The maximum atomic E-state index is 12.9. The average Bonchev–Trinajstić information content (AvgIpc) is 2.65. The Kier molecular flexibility index (Phi) is 6.08. The van der Waals surface area contributed by atoms with Gasteiger partial charge in [-0.15, -0.1) is 0 Å². The number of nitrogens with zero attached hydrogens (tertiary/aromatic N) is 2. The zero-order chi connectivity index (χ0) is 18.6. The first-order valence-electron chi connectivity index (χ1n) is 7.96. The van der Waals surface area contributed by atoms with E-state index in [-0.39, 0.29) is 11.8 Å². The van der Waals surface area contributed by atoms with Gasteiger partial charge in [0, 0.05) is 39.3 Å². The van der Waals surface area contributed by atoms with E-state index in [2.05, 4.69) is 5.32 Å². The molecule has 0 radical (unpaired) electrons. The van der Waals surface area contributed by atoms with Crippen LogP contribution in [0.15, 0.2) is 12.1 Å². The summed E-state index contributed by atoms with van der Waals surface area (Å²) in [5, 5.41) is 3.15. The van der Waals surface area contributed by atoms with Crippen LogP contribution in [0.1, 0.15) is 10.4 Å². The van der Waals surface area contributed by atoms with Crippen molar-refractivity contribution in [2.24, 2.45) is 0 Å². The molecule has 1 heterocycles. The minimum atomic E-state index is -0.408. The van der Waals surface area contributed by atoms with Gasteiger partial charge in [-0.1, -0.05) is 0 Å². The van der Waals surface area contributed by atoms with Gasteiger partial charge >= 0.3 is 0 Å². The predicted molar refractivity (Wildman–Crippen MR) is 92.5 cm³/mol. The number of amides is 2. The molecule has 138 valence electrons. The van der Waals surface area contributed by atoms with Crippen LogP contribution in [0.5, 0.6) is 17.2 Å². The molecule has 1 aliphatic rings. The number of hydrogen-bond acceptors (Lipinski definition) is 6. The Morgan fingerprint density at radius 2 is 1.72 bits per heavy atom. The molecule has 1 aromatic rings. The summed E-state index contributed by atoms with van der Waals surface area (Å²) >= 11 is 0. The molecule has 0 saturated carbocycles. The van der Waals surface area contributed by atoms with Crippen molar-refractivity contribution >= 4 is 11.8 Å². The van der Waals surface area contributed by atoms with Gasteiger partial charge in [-0.05, 0) is 12.1 Å². The number of methoxy groups -OCH3 is 3. The van der Waals surface area contributed by atoms with Gasteiger partial charge in [0.1, 0.15) is 6.04 Å². The molecule has 1 atom stereocenters. The fourth-order valence-corrected chi connectivity index (χ4v) is 2.80. The van der Waals surface area contributed by atoms with Crippen LogP contribution < -0.4 is 19.5 Å². The number of benzene rings is 1. The zero-order valence-electron chi connectivity index (χ0n) is 15.3. The summed E-state index contributed by atoms with van der Waals surface area (Å²) in [6.07, 6.45) is 0. The lowest BCUT2D eigenvalue weighted by Crippen LogP contribution is -2.58. The fourth-order valence-electron chi connectivity index (χ4n) is 2.80. The van der Waals surface area contributed by atoms with Gasteiger partial charge in [0.15, 0.2) is 11.5 Å². The number of nitrogens with one attached hydrogen (secondary N) is 1. The molecule has 1 N–H and O–H groups in total. The third-order valence-corrected chi connectivity index (χ3v) is 4.11. The molecular weight excluding hydrogens is 326 g/mol. The first kappa shape index (κ1) is 18.9. The van der Waals surface area contributed by atoms with Crippen molar-refractivity contribution in [3.8, 4) is 17.2 Å². The summed E-state index contributed by atoms with van der Waals surface area (Å²) in [4.78, 5) is 28.2. The number of piperazine rings is 1. The second-order valence-electron chi connectivity index (χ2n) is 5.90. The van der Waals surface area contributed by atoms with Gasteiger partial charge in [0.2, 0.25) is 11.7 Å². The molecule has 2 rings (SSSR count). The third-order valence-electron chi connectivity index (χ3n) is 4.11. The normalized spacial score (nSPS) is 17.0. The van der Waals surface area contributed by atoms with Gasteiger partial charge in [-0.2, -0.15) is 0 Å². The summed E-state index contributed by atoms with van der Waals surface area (Å²) in [6, 6.07) is 2.83. The van der Waals surface area contributed by atoms with E-state index in [1.54, 1.807) is 31.1 Å². The summed E-state index contributed by atoms with van der Waals surface area (Å²) in [7, 11) is 7.91. The van der Waals surface area contributed by atoms with E-state index >= 15 is 0 Å². The minimum Gasteiger partial charge on any atom is -0.493 e. The van der Waals surface area contributed by atoms with Crippen molar-refractivity contribution in [1.82, 2.24) is 15.1 Å². The SMILES string of the molecule is COc1cc(C(=O)N2CCNC(C(=O)N(C)C)C2)cc(OC)c1OC. The van der Waals surface area contributed by atoms with Crippen LogP contribution in [-0.4, -0.2) is 82.7 Å². The second-order valence-corrected chi connectivity index (χ2v) is 5.90. The highest BCUT2D eigenvalue weighted by molar-refractivity contribution is 5.96. The lowest BCUT2D eigenvalue weighted by Gasteiger charge is -2.34. The smallest absolute Gasteiger partial charge is 0.254 e. The molecular formula is C17H25N3O5. The van der Waals surface area contributed by atoms with Crippen LogP contribution in [-0.2, 0) is 4.79 Å². The molecule has 1 unspecified atom stereocenters. The Balaban J connectivity index is 2.26. The molecule has 25 heavy (non-hydrogen) atoms. The molecule has 0 spiro atoms. The summed E-state index contributed by atoms with van der Waals surface area (Å²) in [5.74, 6) is 1.03. The van der Waals surface area contributed by atoms with Gasteiger partial charge in [-0.25, -0.2) is 0 Å². The van der Waals surface area contributed by atoms with Gasteiger partial charge in [-0.3, -0.25) is 9.59 Å². The van der Waals surface area contributed by atoms with E-state index in [4.69, 9.17) is 14.2 Å². The predicted octanol–water partition coefficient (Wildman–Crippen LogP) is 0.215. The number of rotatable bonds is 5. The molecule has 2 amide bonds. The average molecular weight is 351 g/mol. The van der Waals surface area contributed by atoms with Crippen LogP contribution >= 0.6 is 0 Å². The first-order valence-corrected chi connectivity index (χ1v) is 7.96. The van der Waals surface area contributed by atoms with E-state index in [0.29, 0.717) is 42.4 Å². The van der Waals surface area contributed by atoms with Gasteiger partial charge in [0.25, 0.3) is 5.91 Å². The van der Waals surface area contributed by atoms with Crippen LogP contribution in [0.2, 0.25) is 0 Å². The van der Waals surface area contributed by atoms with Gasteiger partial charge in [0.05, 0.1) is 21.3 Å². The van der Waals surface area contributed by atoms with Crippen LogP contribution in [0, 0.1) is 0 Å². The monoisotopic (exact) mass is 351 g/mol.